The van der Waals surface area contributed by atoms with E-state index in [1.54, 1.807) is 28.6 Å². The molecule has 0 aromatic carbocycles. The largest absolute Gasteiger partial charge is 0.281 e. The number of rotatable bonds is 1. The van der Waals surface area contributed by atoms with Crippen molar-refractivity contribution in [2.24, 2.45) is 9.98 Å². The summed E-state index contributed by atoms with van der Waals surface area (Å²) in [6.45, 7) is 2.91. The summed E-state index contributed by atoms with van der Waals surface area (Å²) in [5, 5.41) is 2.12. The summed E-state index contributed by atoms with van der Waals surface area (Å²) >= 11 is 0. The average molecular weight is 226 g/mol. The Morgan fingerprint density at radius 1 is 1.64 bits per heavy atom. The fourth-order valence-corrected chi connectivity index (χ4v) is 2.87. The predicted molar refractivity (Wildman–Crippen MR) is 69.4 cm³/mol. The van der Waals surface area contributed by atoms with E-state index in [1.165, 1.54) is 0 Å². The molecule has 0 bridgehead atoms. The minimum atomic E-state index is 0.918. The van der Waals surface area contributed by atoms with Crippen LogP contribution in [0.4, 0.5) is 0 Å². The molecule has 1 heterocycles. The highest BCUT2D eigenvalue weighted by Crippen LogP contribution is 2.27. The van der Waals surface area contributed by atoms with Gasteiger partial charge in [0.05, 0.1) is 0 Å². The first-order valence-electron chi connectivity index (χ1n) is 4.52. The van der Waals surface area contributed by atoms with Gasteiger partial charge in [-0.05, 0) is 47.1 Å². The summed E-state index contributed by atoms with van der Waals surface area (Å²) < 4.78 is 0. The van der Waals surface area contributed by atoms with Crippen molar-refractivity contribution in [2.75, 3.05) is 13.6 Å². The third-order valence-corrected chi connectivity index (χ3v) is 3.85. The lowest BCUT2D eigenvalue weighted by molar-refractivity contribution is 1.000. The fraction of sp³-hybridized carbons (Fsp3) is 0.400. The molecule has 0 aromatic rings. The standard InChI is InChI=1S/C10H14N2S2/c1-3-6-9(11-2)13-14-10-7-4-5-8-12-10/h3-4,6-7H,5,8H2,1-2H3/b6-3-,11-9+. The van der Waals surface area contributed by atoms with Crippen molar-refractivity contribution in [1.29, 1.82) is 0 Å². The number of hydrogen-bond acceptors (Lipinski definition) is 4. The highest BCUT2D eigenvalue weighted by Gasteiger charge is 2.02. The lowest BCUT2D eigenvalue weighted by atomic mass is 10.3. The van der Waals surface area contributed by atoms with Crippen LogP contribution in [0.15, 0.2) is 34.3 Å². The Hall–Kier alpha value is -0.480. The topological polar surface area (TPSA) is 24.7 Å². The van der Waals surface area contributed by atoms with Crippen molar-refractivity contribution in [3.63, 3.8) is 0 Å². The zero-order valence-corrected chi connectivity index (χ0v) is 10.1. The quantitative estimate of drug-likeness (QED) is 0.389. The van der Waals surface area contributed by atoms with Crippen LogP contribution < -0.4 is 0 Å². The second kappa shape index (κ2) is 6.90. The average Bonchev–Trinajstić information content (AvgIpc) is 2.25. The van der Waals surface area contributed by atoms with Crippen LogP contribution in [0.1, 0.15) is 13.3 Å². The van der Waals surface area contributed by atoms with E-state index in [4.69, 9.17) is 0 Å². The molecule has 0 amide bonds. The Labute approximate surface area is 93.1 Å². The lowest BCUT2D eigenvalue weighted by Gasteiger charge is -2.04. The second-order valence-corrected chi connectivity index (χ2v) is 4.81. The van der Waals surface area contributed by atoms with Crippen LogP contribution in [-0.4, -0.2) is 23.7 Å². The van der Waals surface area contributed by atoms with E-state index >= 15 is 0 Å². The number of nitrogens with zero attached hydrogens (tertiary/aromatic N) is 2. The molecule has 0 radical (unpaired) electrons. The molecule has 0 N–H and O–H groups in total. The Kier molecular flexibility index (Phi) is 5.71. The molecule has 76 valence electrons. The normalized spacial score (nSPS) is 17.6. The highest BCUT2D eigenvalue weighted by atomic mass is 33.1. The van der Waals surface area contributed by atoms with Gasteiger partial charge in [-0.1, -0.05) is 12.2 Å². The monoisotopic (exact) mass is 226 g/mol. The molecule has 0 aliphatic carbocycles. The van der Waals surface area contributed by atoms with E-state index in [0.29, 0.717) is 0 Å². The zero-order valence-electron chi connectivity index (χ0n) is 8.43. The van der Waals surface area contributed by atoms with E-state index in [1.807, 2.05) is 19.1 Å². The molecule has 0 spiro atoms. The lowest BCUT2D eigenvalue weighted by Crippen LogP contribution is -1.94. The molecule has 14 heavy (non-hydrogen) atoms. The molecule has 4 heteroatoms. The van der Waals surface area contributed by atoms with E-state index in [-0.39, 0.29) is 0 Å². The van der Waals surface area contributed by atoms with Gasteiger partial charge < -0.3 is 0 Å². The molecule has 0 saturated heterocycles. The van der Waals surface area contributed by atoms with Gasteiger partial charge >= 0.3 is 0 Å². The van der Waals surface area contributed by atoms with Crippen molar-refractivity contribution in [2.45, 2.75) is 13.3 Å². The third-order valence-electron chi connectivity index (χ3n) is 1.57. The maximum atomic E-state index is 4.39. The van der Waals surface area contributed by atoms with Crippen LogP contribution in [0.5, 0.6) is 0 Å². The summed E-state index contributed by atoms with van der Waals surface area (Å²) in [7, 11) is 5.13. The van der Waals surface area contributed by atoms with Crippen LogP contribution in [0.3, 0.4) is 0 Å². The molecule has 0 saturated carbocycles. The Balaban J connectivity index is 2.39. The van der Waals surface area contributed by atoms with Gasteiger partial charge in [0.25, 0.3) is 0 Å². The van der Waals surface area contributed by atoms with Gasteiger partial charge in [0, 0.05) is 13.6 Å². The molecule has 1 aliphatic rings. The van der Waals surface area contributed by atoms with Crippen LogP contribution in [0.25, 0.3) is 0 Å². The summed E-state index contributed by atoms with van der Waals surface area (Å²) in [5.41, 5.74) is 0. The van der Waals surface area contributed by atoms with E-state index in [0.717, 1.165) is 23.1 Å². The van der Waals surface area contributed by atoms with Gasteiger partial charge in [0.2, 0.25) is 0 Å². The summed E-state index contributed by atoms with van der Waals surface area (Å²) in [6, 6.07) is 0. The number of hydrogen-bond donors (Lipinski definition) is 0. The minimum absolute atomic E-state index is 0.918. The molecule has 0 fully saturated rings. The molecule has 0 aromatic heterocycles. The van der Waals surface area contributed by atoms with Gasteiger partial charge in [-0.25, -0.2) is 0 Å². The SMILES string of the molecule is C/C=C\C(=N/C)SSC1=NCCC=C1. The molecular formula is C10H14N2S2. The van der Waals surface area contributed by atoms with Crippen LogP contribution >= 0.6 is 21.6 Å². The number of aliphatic imine (C=N–C) groups is 2. The smallest absolute Gasteiger partial charge is 0.101 e. The molecular weight excluding hydrogens is 212 g/mol. The van der Waals surface area contributed by atoms with Gasteiger partial charge in [-0.15, -0.1) is 0 Å². The predicted octanol–water partition coefficient (Wildman–Crippen LogP) is 3.33. The van der Waals surface area contributed by atoms with Crippen LogP contribution in [0.2, 0.25) is 0 Å². The Morgan fingerprint density at radius 3 is 3.07 bits per heavy atom. The second-order valence-electron chi connectivity index (χ2n) is 2.64. The minimum Gasteiger partial charge on any atom is -0.281 e. The van der Waals surface area contributed by atoms with Crippen LogP contribution in [0, 0.1) is 0 Å². The fourth-order valence-electron chi connectivity index (χ4n) is 0.908. The van der Waals surface area contributed by atoms with Crippen molar-refractivity contribution in [3.05, 3.63) is 24.3 Å². The van der Waals surface area contributed by atoms with Crippen molar-refractivity contribution in [3.8, 4) is 0 Å². The summed E-state index contributed by atoms with van der Waals surface area (Å²) in [4.78, 5) is 8.54. The summed E-state index contributed by atoms with van der Waals surface area (Å²) in [5.74, 6) is 0. The maximum absolute atomic E-state index is 4.39. The van der Waals surface area contributed by atoms with E-state index in [2.05, 4.69) is 22.1 Å². The highest BCUT2D eigenvalue weighted by molar-refractivity contribution is 8.87. The third kappa shape index (κ3) is 4.15. The van der Waals surface area contributed by atoms with Gasteiger partial charge in [-0.3, -0.25) is 9.98 Å². The Morgan fingerprint density at radius 2 is 2.50 bits per heavy atom. The molecule has 1 rings (SSSR count). The summed E-state index contributed by atoms with van der Waals surface area (Å²) in [6.07, 6.45) is 9.30. The first-order chi connectivity index (χ1) is 6.86. The molecule has 0 unspecified atom stereocenters. The zero-order chi connectivity index (χ0) is 10.2. The Bertz CT molecular complexity index is 286. The van der Waals surface area contributed by atoms with E-state index < -0.39 is 0 Å². The molecule has 0 atom stereocenters. The van der Waals surface area contributed by atoms with Gasteiger partial charge in [0.15, 0.2) is 0 Å². The van der Waals surface area contributed by atoms with Gasteiger partial charge in [-0.2, -0.15) is 0 Å². The first kappa shape index (κ1) is 11.6. The van der Waals surface area contributed by atoms with Crippen molar-refractivity contribution >= 4 is 31.7 Å². The maximum Gasteiger partial charge on any atom is 0.101 e. The van der Waals surface area contributed by atoms with Crippen LogP contribution in [-0.2, 0) is 0 Å². The molecule has 2 nitrogen and oxygen atoms in total. The van der Waals surface area contributed by atoms with E-state index in [9.17, 15) is 0 Å². The van der Waals surface area contributed by atoms with Crippen molar-refractivity contribution in [1.82, 2.24) is 0 Å². The number of dihydropyridines is 1. The van der Waals surface area contributed by atoms with Gasteiger partial charge in [0.1, 0.15) is 10.1 Å². The number of allylic oxidation sites excluding steroid dienone is 1. The first-order valence-corrected chi connectivity index (χ1v) is 6.67. The molecule has 1 aliphatic heterocycles. The van der Waals surface area contributed by atoms with Crippen molar-refractivity contribution < 1.29 is 0 Å².